The van der Waals surface area contributed by atoms with E-state index in [0.29, 0.717) is 5.69 Å². The average Bonchev–Trinajstić information content (AvgIpc) is 3.06. The largest absolute Gasteiger partial charge is 0.465 e. The lowest BCUT2D eigenvalue weighted by Gasteiger charge is -2.20. The third-order valence-electron chi connectivity index (χ3n) is 3.52. The van der Waals surface area contributed by atoms with E-state index in [2.05, 4.69) is 33.7 Å². The van der Waals surface area contributed by atoms with Crippen LogP contribution < -0.4 is 4.90 Å². The molecule has 0 aliphatic heterocycles. The van der Waals surface area contributed by atoms with Crippen LogP contribution in [0.4, 0.5) is 21.4 Å². The fourth-order valence-corrected chi connectivity index (χ4v) is 2.99. The number of esters is 1. The third kappa shape index (κ3) is 4.38. The number of thiophene rings is 1. The Bertz CT molecular complexity index is 782. The summed E-state index contributed by atoms with van der Waals surface area (Å²) < 4.78 is 4.63. The topological polar surface area (TPSA) is 97.4 Å². The molecule has 2 aromatic rings. The highest BCUT2D eigenvalue weighted by Gasteiger charge is 2.22. The van der Waals surface area contributed by atoms with Crippen molar-refractivity contribution >= 4 is 38.7 Å². The second-order valence-electron chi connectivity index (χ2n) is 4.94. The molecule has 0 spiro atoms. The van der Waals surface area contributed by atoms with Crippen LogP contribution in [0.25, 0.3) is 0 Å². The zero-order valence-electron chi connectivity index (χ0n) is 14.1. The number of anilines is 1. The van der Waals surface area contributed by atoms with E-state index >= 15 is 0 Å². The van der Waals surface area contributed by atoms with E-state index in [4.69, 9.17) is 0 Å². The first-order valence-electron chi connectivity index (χ1n) is 7.63. The number of carbonyl (C=O) groups excluding carboxylic acids is 1. The standard InChI is InChI=1S/C16H18N4O4S/c1-4-19(5-2)12-8-6-11(7-9-12)17-18-15-13(16(21)24-3)10-14(25-15)20(22)23/h6-10H,4-5H2,1-3H3. The van der Waals surface area contributed by atoms with Gasteiger partial charge in [0.05, 0.1) is 17.7 Å². The van der Waals surface area contributed by atoms with Gasteiger partial charge in [-0.15, -0.1) is 10.2 Å². The molecule has 9 heteroatoms. The van der Waals surface area contributed by atoms with Crippen LogP contribution in [-0.4, -0.2) is 31.1 Å². The molecule has 0 radical (unpaired) electrons. The molecule has 0 unspecified atom stereocenters. The van der Waals surface area contributed by atoms with E-state index in [9.17, 15) is 14.9 Å². The second kappa shape index (κ2) is 8.34. The molecule has 25 heavy (non-hydrogen) atoms. The van der Waals surface area contributed by atoms with Crippen LogP contribution in [-0.2, 0) is 4.74 Å². The summed E-state index contributed by atoms with van der Waals surface area (Å²) in [5, 5.41) is 18.9. The Labute approximate surface area is 148 Å². The lowest BCUT2D eigenvalue weighted by molar-refractivity contribution is -0.380. The van der Waals surface area contributed by atoms with E-state index in [1.165, 1.54) is 7.11 Å². The van der Waals surface area contributed by atoms with Gasteiger partial charge in [-0.1, -0.05) is 0 Å². The molecule has 1 heterocycles. The average molecular weight is 362 g/mol. The van der Waals surface area contributed by atoms with E-state index in [0.717, 1.165) is 36.2 Å². The highest BCUT2D eigenvalue weighted by atomic mass is 32.1. The molecule has 0 amide bonds. The lowest BCUT2D eigenvalue weighted by atomic mass is 10.2. The van der Waals surface area contributed by atoms with Gasteiger partial charge in [0.15, 0.2) is 5.00 Å². The number of azo groups is 1. The van der Waals surface area contributed by atoms with Crippen molar-refractivity contribution < 1.29 is 14.5 Å². The molecular weight excluding hydrogens is 344 g/mol. The minimum absolute atomic E-state index is 0.0303. The SMILES string of the molecule is CCN(CC)c1ccc(N=Nc2sc([N+](=O)[O-])cc2C(=O)OC)cc1. The molecule has 132 valence electrons. The van der Waals surface area contributed by atoms with E-state index in [1.807, 2.05) is 12.1 Å². The van der Waals surface area contributed by atoms with Gasteiger partial charge in [-0.25, -0.2) is 4.79 Å². The summed E-state index contributed by atoms with van der Waals surface area (Å²) >= 11 is 0.777. The first-order valence-corrected chi connectivity index (χ1v) is 8.45. The number of hydrogen-bond acceptors (Lipinski definition) is 8. The maximum absolute atomic E-state index is 11.7. The van der Waals surface area contributed by atoms with Gasteiger partial charge in [0.1, 0.15) is 5.56 Å². The third-order valence-corrected chi connectivity index (χ3v) is 4.49. The van der Waals surface area contributed by atoms with Crippen LogP contribution in [0.3, 0.4) is 0 Å². The number of nitrogens with zero attached hydrogens (tertiary/aromatic N) is 4. The summed E-state index contributed by atoms with van der Waals surface area (Å²) in [6.07, 6.45) is 0. The van der Waals surface area contributed by atoms with Gasteiger partial charge >= 0.3 is 11.0 Å². The van der Waals surface area contributed by atoms with Gasteiger partial charge in [-0.2, -0.15) is 0 Å². The summed E-state index contributed by atoms with van der Waals surface area (Å²) in [7, 11) is 1.21. The molecule has 0 fully saturated rings. The molecule has 0 saturated heterocycles. The Balaban J connectivity index is 2.26. The minimum atomic E-state index is -0.685. The highest BCUT2D eigenvalue weighted by molar-refractivity contribution is 7.19. The van der Waals surface area contributed by atoms with Crippen molar-refractivity contribution in [1.82, 2.24) is 0 Å². The Kier molecular flexibility index (Phi) is 6.18. The predicted octanol–water partition coefficient (Wildman–Crippen LogP) is 4.70. The maximum Gasteiger partial charge on any atom is 0.341 e. The Hall–Kier alpha value is -2.81. The van der Waals surface area contributed by atoms with E-state index in [-0.39, 0.29) is 15.6 Å². The number of carbonyl (C=O) groups is 1. The quantitative estimate of drug-likeness (QED) is 0.308. The number of benzene rings is 1. The molecule has 1 aromatic heterocycles. The Morgan fingerprint density at radius 2 is 1.88 bits per heavy atom. The van der Waals surface area contributed by atoms with E-state index < -0.39 is 10.9 Å². The van der Waals surface area contributed by atoms with Crippen LogP contribution in [0.2, 0.25) is 0 Å². The normalized spacial score (nSPS) is 10.8. The number of methoxy groups -OCH3 is 1. The van der Waals surface area contributed by atoms with Gasteiger partial charge in [0.25, 0.3) is 0 Å². The molecular formula is C16H18N4O4S. The highest BCUT2D eigenvalue weighted by Crippen LogP contribution is 2.37. The van der Waals surface area contributed by atoms with Crippen LogP contribution in [0.1, 0.15) is 24.2 Å². The number of nitro groups is 1. The molecule has 8 nitrogen and oxygen atoms in total. The minimum Gasteiger partial charge on any atom is -0.465 e. The monoisotopic (exact) mass is 362 g/mol. The van der Waals surface area contributed by atoms with Crippen molar-refractivity contribution in [2.45, 2.75) is 13.8 Å². The molecule has 0 bridgehead atoms. The van der Waals surface area contributed by atoms with Crippen LogP contribution in [0.5, 0.6) is 0 Å². The van der Waals surface area contributed by atoms with Gasteiger partial charge in [-0.05, 0) is 49.4 Å². The van der Waals surface area contributed by atoms with Gasteiger partial charge in [0, 0.05) is 24.8 Å². The number of hydrogen-bond donors (Lipinski definition) is 0. The lowest BCUT2D eigenvalue weighted by Crippen LogP contribution is -2.21. The second-order valence-corrected chi connectivity index (χ2v) is 5.95. The molecule has 0 atom stereocenters. The number of rotatable bonds is 7. The smallest absolute Gasteiger partial charge is 0.341 e. The first kappa shape index (κ1) is 18.5. The van der Waals surface area contributed by atoms with E-state index in [1.54, 1.807) is 12.1 Å². The zero-order chi connectivity index (χ0) is 18.4. The molecule has 0 aliphatic rings. The van der Waals surface area contributed by atoms with Crippen molar-refractivity contribution in [3.63, 3.8) is 0 Å². The van der Waals surface area contributed by atoms with Gasteiger partial charge in [-0.3, -0.25) is 10.1 Å². The fourth-order valence-electron chi connectivity index (χ4n) is 2.21. The van der Waals surface area contributed by atoms with Crippen molar-refractivity contribution in [3.8, 4) is 0 Å². The fraction of sp³-hybridized carbons (Fsp3) is 0.312. The van der Waals surface area contributed by atoms with Crippen molar-refractivity contribution in [2.24, 2.45) is 10.2 Å². The summed E-state index contributed by atoms with van der Waals surface area (Å²) in [6.45, 7) is 5.96. The van der Waals surface area contributed by atoms with Gasteiger partial charge in [0.2, 0.25) is 0 Å². The molecule has 1 aromatic carbocycles. The van der Waals surface area contributed by atoms with Crippen LogP contribution in [0, 0.1) is 10.1 Å². The summed E-state index contributed by atoms with van der Waals surface area (Å²) in [5.41, 5.74) is 1.69. The van der Waals surface area contributed by atoms with Crippen LogP contribution in [0.15, 0.2) is 40.6 Å². The summed E-state index contributed by atoms with van der Waals surface area (Å²) in [6, 6.07) is 8.61. The predicted molar refractivity (Wildman–Crippen MR) is 96.5 cm³/mol. The zero-order valence-corrected chi connectivity index (χ0v) is 14.9. The van der Waals surface area contributed by atoms with Crippen LogP contribution >= 0.6 is 11.3 Å². The molecule has 2 rings (SSSR count). The number of ether oxygens (including phenoxy) is 1. The molecule has 0 saturated carbocycles. The van der Waals surface area contributed by atoms with Crippen molar-refractivity contribution in [2.75, 3.05) is 25.1 Å². The molecule has 0 N–H and O–H groups in total. The molecule has 0 aliphatic carbocycles. The first-order chi connectivity index (χ1) is 12.0. The van der Waals surface area contributed by atoms with Gasteiger partial charge < -0.3 is 9.64 Å². The maximum atomic E-state index is 11.7. The Morgan fingerprint density at radius 1 is 1.24 bits per heavy atom. The summed E-state index contributed by atoms with van der Waals surface area (Å²) in [4.78, 5) is 24.2. The van der Waals surface area contributed by atoms with Crippen molar-refractivity contribution in [1.29, 1.82) is 0 Å². The summed E-state index contributed by atoms with van der Waals surface area (Å²) in [5.74, 6) is -0.685. The Morgan fingerprint density at radius 3 is 2.40 bits per heavy atom. The van der Waals surface area contributed by atoms with Crippen molar-refractivity contribution in [3.05, 3.63) is 46.0 Å².